The van der Waals surface area contributed by atoms with Crippen LogP contribution in [0.15, 0.2) is 30.3 Å². The van der Waals surface area contributed by atoms with Crippen LogP contribution in [0.1, 0.15) is 44.6 Å². The number of carbonyl (C=O) groups is 3. The van der Waals surface area contributed by atoms with E-state index in [4.69, 9.17) is 11.1 Å². The van der Waals surface area contributed by atoms with Gasteiger partial charge < -0.3 is 36.3 Å². The van der Waals surface area contributed by atoms with Gasteiger partial charge in [0.05, 0.1) is 0 Å². The van der Waals surface area contributed by atoms with Gasteiger partial charge in [0.1, 0.15) is 12.1 Å². The summed E-state index contributed by atoms with van der Waals surface area (Å²) in [6.07, 6.45) is 1.81. The lowest BCUT2D eigenvalue weighted by atomic mass is 9.68. The first-order valence-corrected chi connectivity index (χ1v) is 12.7. The van der Waals surface area contributed by atoms with Crippen molar-refractivity contribution in [1.82, 2.24) is 15.5 Å². The highest BCUT2D eigenvalue weighted by Crippen LogP contribution is 2.21. The Morgan fingerprint density at radius 2 is 1.91 bits per heavy atom. The number of likely N-dealkylation sites (tertiary alicyclic amines) is 1. The third kappa shape index (κ3) is 9.17. The zero-order chi connectivity index (χ0) is 26.0. The molecule has 1 heterocycles. The molecule has 1 aromatic carbocycles. The standard InChI is InChI=1S/C22H35BN5O6S/c1-2-19(29)26-16(14-15-8-4-3-5-9-15)21(31)28-12-6-10-17(28)20(30)27-18(23(32,33)34)11-7-13-35-22(24)25/h3-5,8-9,16-18,32-34H,2,6-7,10-14H2,1H3,(H3,24,25)(H,26,29)(H,27,30)/q-1/t16-,17+,18+/m1/s1. The third-order valence-corrected chi connectivity index (χ3v) is 6.66. The van der Waals surface area contributed by atoms with E-state index in [0.29, 0.717) is 31.6 Å². The third-order valence-electron chi connectivity index (χ3n) is 5.86. The molecular weight excluding hydrogens is 473 g/mol. The number of hydrogen-bond donors (Lipinski definition) is 7. The number of nitrogens with one attached hydrogen (secondary N) is 3. The molecule has 3 atom stereocenters. The van der Waals surface area contributed by atoms with E-state index in [2.05, 4.69) is 10.6 Å². The quantitative estimate of drug-likeness (QED) is 0.0848. The maximum absolute atomic E-state index is 13.4. The average molecular weight is 508 g/mol. The van der Waals surface area contributed by atoms with E-state index >= 15 is 0 Å². The first-order chi connectivity index (χ1) is 16.5. The van der Waals surface area contributed by atoms with Crippen molar-refractivity contribution < 1.29 is 29.5 Å². The molecule has 1 aliphatic rings. The van der Waals surface area contributed by atoms with Crippen molar-refractivity contribution in [2.75, 3.05) is 12.3 Å². The summed E-state index contributed by atoms with van der Waals surface area (Å²) in [5, 5.41) is 41.7. The summed E-state index contributed by atoms with van der Waals surface area (Å²) in [4.78, 5) is 40.0. The maximum Gasteiger partial charge on any atom is 0.393 e. The first-order valence-electron chi connectivity index (χ1n) is 11.8. The Morgan fingerprint density at radius 1 is 1.23 bits per heavy atom. The van der Waals surface area contributed by atoms with Crippen LogP contribution in [0.2, 0.25) is 0 Å². The Morgan fingerprint density at radius 3 is 2.51 bits per heavy atom. The minimum absolute atomic E-state index is 0.0410. The summed E-state index contributed by atoms with van der Waals surface area (Å²) in [6, 6.07) is 7.52. The predicted molar refractivity (Wildman–Crippen MR) is 135 cm³/mol. The number of rotatable bonds is 12. The molecule has 0 aromatic heterocycles. The Labute approximate surface area is 209 Å². The van der Waals surface area contributed by atoms with Crippen LogP contribution in [-0.4, -0.2) is 79.9 Å². The van der Waals surface area contributed by atoms with Crippen molar-refractivity contribution in [2.45, 2.75) is 63.5 Å². The van der Waals surface area contributed by atoms with Crippen molar-refractivity contribution in [3.8, 4) is 0 Å². The molecule has 13 heteroatoms. The second-order valence-corrected chi connectivity index (χ2v) is 9.75. The van der Waals surface area contributed by atoms with Crippen LogP contribution in [-0.2, 0) is 20.8 Å². The van der Waals surface area contributed by atoms with E-state index in [9.17, 15) is 29.5 Å². The fourth-order valence-electron chi connectivity index (χ4n) is 4.02. The summed E-state index contributed by atoms with van der Waals surface area (Å²) < 4.78 is 0. The van der Waals surface area contributed by atoms with Crippen LogP contribution in [0, 0.1) is 5.41 Å². The lowest BCUT2D eigenvalue weighted by Gasteiger charge is -2.35. The molecule has 8 N–H and O–H groups in total. The normalized spacial score (nSPS) is 17.5. The molecule has 35 heavy (non-hydrogen) atoms. The van der Waals surface area contributed by atoms with Crippen LogP contribution >= 0.6 is 11.8 Å². The molecule has 1 saturated heterocycles. The Hall–Kier alpha value is -2.61. The van der Waals surface area contributed by atoms with Crippen LogP contribution in [0.4, 0.5) is 0 Å². The molecule has 11 nitrogen and oxygen atoms in total. The second kappa shape index (κ2) is 13.5. The highest BCUT2D eigenvalue weighted by Gasteiger charge is 2.39. The first kappa shape index (κ1) is 28.6. The highest BCUT2D eigenvalue weighted by molar-refractivity contribution is 8.13. The lowest BCUT2D eigenvalue weighted by molar-refractivity contribution is -0.141. The number of amidine groups is 1. The van der Waals surface area contributed by atoms with Gasteiger partial charge in [-0.3, -0.25) is 19.8 Å². The minimum Gasteiger partial charge on any atom is -0.558 e. The van der Waals surface area contributed by atoms with Gasteiger partial charge in [-0.1, -0.05) is 55.4 Å². The summed E-state index contributed by atoms with van der Waals surface area (Å²) in [5.74, 6) is -2.22. The SMILES string of the molecule is CCC(=O)N[C@H](Cc1ccccc1)C(=O)N1CCC[C@H]1C(=O)N[C@@H](CCCSC(=N)N)[B-](O)(O)O. The molecule has 1 fully saturated rings. The van der Waals surface area contributed by atoms with Gasteiger partial charge in [-0.2, -0.15) is 0 Å². The van der Waals surface area contributed by atoms with Crippen molar-refractivity contribution >= 4 is 41.4 Å². The number of thioether (sulfide) groups is 1. The summed E-state index contributed by atoms with van der Waals surface area (Å²) in [7, 11) is 0. The minimum atomic E-state index is -3.86. The van der Waals surface area contributed by atoms with Gasteiger partial charge in [0.2, 0.25) is 17.7 Å². The monoisotopic (exact) mass is 508 g/mol. The molecule has 0 radical (unpaired) electrons. The fraction of sp³-hybridized carbons (Fsp3) is 0.545. The molecule has 0 saturated carbocycles. The molecular formula is C22H35BN5O6S-. The lowest BCUT2D eigenvalue weighted by Crippen LogP contribution is -2.61. The van der Waals surface area contributed by atoms with E-state index in [1.54, 1.807) is 6.92 Å². The van der Waals surface area contributed by atoms with E-state index in [1.165, 1.54) is 4.90 Å². The van der Waals surface area contributed by atoms with Gasteiger partial charge in [0, 0.05) is 25.1 Å². The molecule has 1 aromatic rings. The molecule has 1 aliphatic heterocycles. The van der Waals surface area contributed by atoms with E-state index < -0.39 is 36.6 Å². The predicted octanol–water partition coefficient (Wildman–Crippen LogP) is -0.538. The van der Waals surface area contributed by atoms with Gasteiger partial charge in [-0.05, 0) is 30.8 Å². The number of nitrogens with zero attached hydrogens (tertiary/aromatic N) is 1. The van der Waals surface area contributed by atoms with E-state index in [1.807, 2.05) is 30.3 Å². The zero-order valence-electron chi connectivity index (χ0n) is 19.9. The van der Waals surface area contributed by atoms with E-state index in [0.717, 1.165) is 17.3 Å². The molecule has 194 valence electrons. The van der Waals surface area contributed by atoms with Crippen molar-refractivity contribution in [2.24, 2.45) is 5.73 Å². The molecule has 0 unspecified atom stereocenters. The Bertz CT molecular complexity index is 885. The summed E-state index contributed by atoms with van der Waals surface area (Å²) in [5.41, 5.74) is 6.14. The van der Waals surface area contributed by atoms with Gasteiger partial charge >= 0.3 is 6.75 Å². The van der Waals surface area contributed by atoms with Crippen LogP contribution < -0.4 is 16.4 Å². The van der Waals surface area contributed by atoms with Crippen LogP contribution in [0.3, 0.4) is 0 Å². The number of carbonyl (C=O) groups excluding carboxylic acids is 3. The van der Waals surface area contributed by atoms with E-state index in [-0.39, 0.29) is 30.3 Å². The summed E-state index contributed by atoms with van der Waals surface area (Å²) in [6.45, 7) is -1.85. The van der Waals surface area contributed by atoms with Gasteiger partial charge in [0.15, 0.2) is 5.17 Å². The number of benzene rings is 1. The van der Waals surface area contributed by atoms with Gasteiger partial charge in [-0.15, -0.1) is 0 Å². The van der Waals surface area contributed by atoms with Crippen molar-refractivity contribution in [1.29, 1.82) is 5.41 Å². The number of hydrogen-bond acceptors (Lipinski definition) is 8. The number of amides is 3. The largest absolute Gasteiger partial charge is 0.558 e. The molecule has 3 amide bonds. The van der Waals surface area contributed by atoms with Crippen molar-refractivity contribution in [3.63, 3.8) is 0 Å². The Kier molecular flexibility index (Phi) is 11.0. The van der Waals surface area contributed by atoms with Crippen LogP contribution in [0.25, 0.3) is 0 Å². The molecule has 0 aliphatic carbocycles. The number of nitrogens with two attached hydrogens (primary N) is 1. The highest BCUT2D eigenvalue weighted by atomic mass is 32.2. The van der Waals surface area contributed by atoms with Crippen LogP contribution in [0.5, 0.6) is 0 Å². The van der Waals surface area contributed by atoms with Gasteiger partial charge in [0.25, 0.3) is 0 Å². The Balaban J connectivity index is 2.11. The molecule has 2 rings (SSSR count). The fourth-order valence-corrected chi connectivity index (χ4v) is 4.55. The van der Waals surface area contributed by atoms with Crippen molar-refractivity contribution in [3.05, 3.63) is 35.9 Å². The topological polar surface area (TPSA) is 189 Å². The maximum atomic E-state index is 13.4. The molecule has 0 bridgehead atoms. The molecule has 0 spiro atoms. The average Bonchev–Trinajstić information content (AvgIpc) is 3.29. The zero-order valence-corrected chi connectivity index (χ0v) is 20.7. The summed E-state index contributed by atoms with van der Waals surface area (Å²) >= 11 is 1.07. The van der Waals surface area contributed by atoms with Gasteiger partial charge in [-0.25, -0.2) is 0 Å². The second-order valence-electron chi connectivity index (χ2n) is 8.62. The smallest absolute Gasteiger partial charge is 0.393 e.